The van der Waals surface area contributed by atoms with E-state index < -0.39 is 0 Å². The second kappa shape index (κ2) is 9.21. The number of unbranched alkanes of at least 4 members (excludes halogenated alkanes) is 1. The molecule has 0 aliphatic carbocycles. The number of nitrogens with one attached hydrogen (secondary N) is 1. The third-order valence-electron chi connectivity index (χ3n) is 3.47. The highest BCUT2D eigenvalue weighted by atomic mass is 16.3. The third-order valence-corrected chi connectivity index (χ3v) is 3.47. The van der Waals surface area contributed by atoms with Crippen LogP contribution in [0.1, 0.15) is 65.1 Å². The van der Waals surface area contributed by atoms with Gasteiger partial charge in [0.1, 0.15) is 5.76 Å². The zero-order valence-electron chi connectivity index (χ0n) is 12.2. The van der Waals surface area contributed by atoms with Crippen molar-refractivity contribution in [2.45, 2.75) is 77.8 Å². The van der Waals surface area contributed by atoms with Gasteiger partial charge in [-0.1, -0.05) is 33.1 Å². The molecule has 1 N–H and O–H groups in total. The Morgan fingerprint density at radius 1 is 1.17 bits per heavy atom. The van der Waals surface area contributed by atoms with Gasteiger partial charge in [0.05, 0.1) is 6.26 Å². The van der Waals surface area contributed by atoms with Gasteiger partial charge in [-0.25, -0.2) is 0 Å². The van der Waals surface area contributed by atoms with Gasteiger partial charge < -0.3 is 9.73 Å². The number of furan rings is 1. The molecule has 0 aromatic carbocycles. The zero-order valence-corrected chi connectivity index (χ0v) is 12.2. The lowest BCUT2D eigenvalue weighted by Crippen LogP contribution is -2.36. The van der Waals surface area contributed by atoms with Crippen LogP contribution in [0.15, 0.2) is 22.8 Å². The molecule has 0 radical (unpaired) electrons. The second-order valence-corrected chi connectivity index (χ2v) is 5.31. The summed E-state index contributed by atoms with van der Waals surface area (Å²) in [4.78, 5) is 0. The number of rotatable bonds is 10. The van der Waals surface area contributed by atoms with Gasteiger partial charge in [0.15, 0.2) is 0 Å². The van der Waals surface area contributed by atoms with Crippen LogP contribution in [0.2, 0.25) is 0 Å². The first-order chi connectivity index (χ1) is 8.76. The van der Waals surface area contributed by atoms with Crippen LogP contribution in [0.3, 0.4) is 0 Å². The van der Waals surface area contributed by atoms with Crippen molar-refractivity contribution < 1.29 is 4.42 Å². The van der Waals surface area contributed by atoms with E-state index in [4.69, 9.17) is 4.42 Å². The SMILES string of the molecule is CCCCC(CCC)NC(C)CCc1ccco1. The molecule has 0 fully saturated rings. The quantitative estimate of drug-likeness (QED) is 0.660. The van der Waals surface area contributed by atoms with E-state index >= 15 is 0 Å². The Bertz CT molecular complexity index is 281. The Labute approximate surface area is 112 Å². The van der Waals surface area contributed by atoms with Crippen molar-refractivity contribution in [2.75, 3.05) is 0 Å². The highest BCUT2D eigenvalue weighted by Gasteiger charge is 2.11. The van der Waals surface area contributed by atoms with Crippen molar-refractivity contribution in [3.63, 3.8) is 0 Å². The molecule has 1 heterocycles. The van der Waals surface area contributed by atoms with Crippen LogP contribution in [-0.2, 0) is 6.42 Å². The molecule has 2 atom stereocenters. The maximum Gasteiger partial charge on any atom is 0.103 e. The van der Waals surface area contributed by atoms with Crippen molar-refractivity contribution in [1.29, 1.82) is 0 Å². The molecule has 2 unspecified atom stereocenters. The van der Waals surface area contributed by atoms with Crippen LogP contribution < -0.4 is 5.32 Å². The molecule has 1 aromatic rings. The first-order valence-corrected chi connectivity index (χ1v) is 7.54. The highest BCUT2D eigenvalue weighted by molar-refractivity contribution is 4.98. The lowest BCUT2D eigenvalue weighted by Gasteiger charge is -2.23. The summed E-state index contributed by atoms with van der Waals surface area (Å²) in [5, 5.41) is 3.77. The number of hydrogen-bond acceptors (Lipinski definition) is 2. The number of aryl methyl sites for hydroxylation is 1. The average Bonchev–Trinajstić information content (AvgIpc) is 2.87. The van der Waals surface area contributed by atoms with E-state index in [9.17, 15) is 0 Å². The fourth-order valence-electron chi connectivity index (χ4n) is 2.41. The highest BCUT2D eigenvalue weighted by Crippen LogP contribution is 2.11. The molecule has 0 saturated carbocycles. The Morgan fingerprint density at radius 3 is 2.61 bits per heavy atom. The van der Waals surface area contributed by atoms with E-state index in [0.717, 1.165) is 18.6 Å². The van der Waals surface area contributed by atoms with Gasteiger partial charge >= 0.3 is 0 Å². The molecule has 0 saturated heterocycles. The van der Waals surface area contributed by atoms with E-state index in [1.54, 1.807) is 6.26 Å². The van der Waals surface area contributed by atoms with Gasteiger partial charge in [0.2, 0.25) is 0 Å². The molecule has 0 amide bonds. The molecule has 1 rings (SSSR count). The van der Waals surface area contributed by atoms with Gasteiger partial charge in [-0.2, -0.15) is 0 Å². The molecule has 0 aliphatic heterocycles. The first-order valence-electron chi connectivity index (χ1n) is 7.54. The third kappa shape index (κ3) is 6.25. The molecule has 1 aromatic heterocycles. The predicted molar refractivity (Wildman–Crippen MR) is 77.8 cm³/mol. The van der Waals surface area contributed by atoms with Gasteiger partial charge in [0.25, 0.3) is 0 Å². The maximum absolute atomic E-state index is 5.37. The van der Waals surface area contributed by atoms with Crippen molar-refractivity contribution in [1.82, 2.24) is 5.32 Å². The van der Waals surface area contributed by atoms with Crippen LogP contribution in [0, 0.1) is 0 Å². The lowest BCUT2D eigenvalue weighted by atomic mass is 10.0. The minimum atomic E-state index is 0.573. The first kappa shape index (κ1) is 15.3. The molecular weight excluding hydrogens is 222 g/mol. The van der Waals surface area contributed by atoms with Crippen LogP contribution >= 0.6 is 0 Å². The van der Waals surface area contributed by atoms with E-state index in [1.807, 2.05) is 6.07 Å². The van der Waals surface area contributed by atoms with Gasteiger partial charge in [-0.15, -0.1) is 0 Å². The fourth-order valence-corrected chi connectivity index (χ4v) is 2.41. The summed E-state index contributed by atoms with van der Waals surface area (Å²) < 4.78 is 5.37. The van der Waals surface area contributed by atoms with Crippen molar-refractivity contribution in [3.8, 4) is 0 Å². The molecule has 2 nitrogen and oxygen atoms in total. The monoisotopic (exact) mass is 251 g/mol. The summed E-state index contributed by atoms with van der Waals surface area (Å²) >= 11 is 0. The Morgan fingerprint density at radius 2 is 2.00 bits per heavy atom. The topological polar surface area (TPSA) is 25.2 Å². The summed E-state index contributed by atoms with van der Waals surface area (Å²) in [7, 11) is 0. The Hall–Kier alpha value is -0.760. The van der Waals surface area contributed by atoms with Gasteiger partial charge in [-0.3, -0.25) is 0 Å². The van der Waals surface area contributed by atoms with Crippen LogP contribution in [-0.4, -0.2) is 12.1 Å². The zero-order chi connectivity index (χ0) is 13.2. The molecular formula is C16H29NO. The van der Waals surface area contributed by atoms with Crippen LogP contribution in [0.25, 0.3) is 0 Å². The van der Waals surface area contributed by atoms with Crippen LogP contribution in [0.4, 0.5) is 0 Å². The van der Waals surface area contributed by atoms with Crippen LogP contribution in [0.5, 0.6) is 0 Å². The molecule has 2 heteroatoms. The van der Waals surface area contributed by atoms with Gasteiger partial charge in [-0.05, 0) is 38.3 Å². The minimum absolute atomic E-state index is 0.573. The summed E-state index contributed by atoms with van der Waals surface area (Å²) in [6.45, 7) is 6.83. The summed E-state index contributed by atoms with van der Waals surface area (Å²) in [6, 6.07) is 5.30. The fraction of sp³-hybridized carbons (Fsp3) is 0.750. The summed E-state index contributed by atoms with van der Waals surface area (Å²) in [6.07, 6.45) is 10.5. The Kier molecular flexibility index (Phi) is 7.83. The molecule has 18 heavy (non-hydrogen) atoms. The normalized spacial score (nSPS) is 14.6. The molecule has 0 bridgehead atoms. The standard InChI is InChI=1S/C16H29NO/c1-4-6-9-15(8-5-2)17-14(3)11-12-16-10-7-13-18-16/h7,10,13-15,17H,4-6,8-9,11-12H2,1-3H3. The second-order valence-electron chi connectivity index (χ2n) is 5.31. The molecule has 104 valence electrons. The van der Waals surface area contributed by atoms with E-state index in [2.05, 4.69) is 32.2 Å². The maximum atomic E-state index is 5.37. The molecule has 0 spiro atoms. The number of hydrogen-bond donors (Lipinski definition) is 1. The van der Waals surface area contributed by atoms with Crippen molar-refractivity contribution in [2.24, 2.45) is 0 Å². The van der Waals surface area contributed by atoms with Crippen molar-refractivity contribution >= 4 is 0 Å². The molecule has 0 aliphatic rings. The minimum Gasteiger partial charge on any atom is -0.469 e. The van der Waals surface area contributed by atoms with E-state index in [0.29, 0.717) is 12.1 Å². The summed E-state index contributed by atoms with van der Waals surface area (Å²) in [5.41, 5.74) is 0. The Balaban J connectivity index is 2.24. The van der Waals surface area contributed by atoms with E-state index in [1.165, 1.54) is 32.1 Å². The summed E-state index contributed by atoms with van der Waals surface area (Å²) in [5.74, 6) is 1.10. The average molecular weight is 251 g/mol. The predicted octanol–water partition coefficient (Wildman–Crippen LogP) is 4.55. The lowest BCUT2D eigenvalue weighted by molar-refractivity contribution is 0.372. The van der Waals surface area contributed by atoms with Crippen molar-refractivity contribution in [3.05, 3.63) is 24.2 Å². The van der Waals surface area contributed by atoms with Gasteiger partial charge in [0, 0.05) is 18.5 Å². The smallest absolute Gasteiger partial charge is 0.103 e. The van der Waals surface area contributed by atoms with E-state index in [-0.39, 0.29) is 0 Å². The largest absolute Gasteiger partial charge is 0.469 e.